The first-order chi connectivity index (χ1) is 11.2. The lowest BCUT2D eigenvalue weighted by molar-refractivity contribution is 0.186. The van der Waals surface area contributed by atoms with Gasteiger partial charge in [0, 0.05) is 51.4 Å². The van der Waals surface area contributed by atoms with E-state index in [1.54, 1.807) is 0 Å². The summed E-state index contributed by atoms with van der Waals surface area (Å²) in [6, 6.07) is 8.65. The lowest BCUT2D eigenvalue weighted by Gasteiger charge is -2.24. The molecule has 1 fully saturated rings. The van der Waals surface area contributed by atoms with Gasteiger partial charge < -0.3 is 20.3 Å². The van der Waals surface area contributed by atoms with Crippen molar-refractivity contribution in [3.63, 3.8) is 0 Å². The van der Waals surface area contributed by atoms with Crippen molar-refractivity contribution in [2.75, 3.05) is 51.3 Å². The molecule has 0 radical (unpaired) electrons. The number of rotatable bonds is 7. The summed E-state index contributed by atoms with van der Waals surface area (Å²) in [7, 11) is 1.82. The third kappa shape index (κ3) is 5.75. The Labute approximate surface area is 140 Å². The molecular weight excluding hydrogens is 288 g/mol. The molecule has 1 heterocycles. The molecule has 1 atom stereocenters. The van der Waals surface area contributed by atoms with Crippen LogP contribution in [-0.2, 0) is 4.74 Å². The highest BCUT2D eigenvalue weighted by Gasteiger charge is 2.15. The zero-order valence-corrected chi connectivity index (χ0v) is 14.6. The van der Waals surface area contributed by atoms with Crippen LogP contribution in [0.2, 0.25) is 0 Å². The number of ether oxygens (including phenoxy) is 1. The molecule has 1 unspecified atom stereocenters. The molecular formula is C18H30N4O. The monoisotopic (exact) mass is 318 g/mol. The number of guanidine groups is 1. The van der Waals surface area contributed by atoms with Crippen molar-refractivity contribution in [2.24, 2.45) is 10.9 Å². The molecule has 2 rings (SSSR count). The number of nitrogens with one attached hydrogen (secondary N) is 2. The molecule has 1 aliphatic heterocycles. The number of benzene rings is 1. The van der Waals surface area contributed by atoms with Crippen LogP contribution in [0.5, 0.6) is 0 Å². The van der Waals surface area contributed by atoms with E-state index in [1.807, 2.05) is 7.05 Å². The van der Waals surface area contributed by atoms with Gasteiger partial charge in [0.25, 0.3) is 0 Å². The van der Waals surface area contributed by atoms with Gasteiger partial charge in [0.2, 0.25) is 0 Å². The van der Waals surface area contributed by atoms with Crippen molar-refractivity contribution < 1.29 is 4.74 Å². The lowest BCUT2D eigenvalue weighted by atomic mass is 10.1. The van der Waals surface area contributed by atoms with Crippen LogP contribution in [0, 0.1) is 12.8 Å². The summed E-state index contributed by atoms with van der Waals surface area (Å²) in [5, 5.41) is 6.79. The molecule has 128 valence electrons. The maximum absolute atomic E-state index is 5.40. The first kappa shape index (κ1) is 17.6. The van der Waals surface area contributed by atoms with Gasteiger partial charge >= 0.3 is 0 Å². The minimum Gasteiger partial charge on any atom is -0.381 e. The van der Waals surface area contributed by atoms with E-state index < -0.39 is 0 Å². The highest BCUT2D eigenvalue weighted by Crippen LogP contribution is 2.15. The van der Waals surface area contributed by atoms with Crippen molar-refractivity contribution in [2.45, 2.75) is 20.3 Å². The van der Waals surface area contributed by atoms with Crippen LogP contribution in [0.3, 0.4) is 0 Å². The molecule has 1 aliphatic rings. The molecule has 1 aromatic rings. The van der Waals surface area contributed by atoms with Gasteiger partial charge in [0.1, 0.15) is 0 Å². The second-order valence-corrected chi connectivity index (χ2v) is 6.03. The number of nitrogens with zero attached hydrogens (tertiary/aromatic N) is 2. The average molecular weight is 318 g/mol. The second kappa shape index (κ2) is 9.40. The van der Waals surface area contributed by atoms with Crippen molar-refractivity contribution in [1.82, 2.24) is 10.6 Å². The van der Waals surface area contributed by atoms with E-state index in [-0.39, 0.29) is 0 Å². The molecule has 0 spiro atoms. The Morgan fingerprint density at radius 3 is 2.91 bits per heavy atom. The summed E-state index contributed by atoms with van der Waals surface area (Å²) in [6.07, 6.45) is 1.14. The number of hydrogen-bond donors (Lipinski definition) is 2. The third-order valence-corrected chi connectivity index (χ3v) is 4.23. The van der Waals surface area contributed by atoms with E-state index >= 15 is 0 Å². The Morgan fingerprint density at radius 1 is 1.39 bits per heavy atom. The molecule has 5 heteroatoms. The van der Waals surface area contributed by atoms with E-state index in [1.165, 1.54) is 11.3 Å². The summed E-state index contributed by atoms with van der Waals surface area (Å²) in [5.74, 6) is 1.48. The zero-order valence-electron chi connectivity index (χ0n) is 14.6. The summed E-state index contributed by atoms with van der Waals surface area (Å²) in [4.78, 5) is 6.67. The SMILES string of the molecule is CCN(CCNC(=NC)NCC1CCOC1)c1cccc(C)c1. The predicted molar refractivity (Wildman–Crippen MR) is 97.4 cm³/mol. The second-order valence-electron chi connectivity index (χ2n) is 6.03. The van der Waals surface area contributed by atoms with Gasteiger partial charge in [-0.2, -0.15) is 0 Å². The molecule has 0 aromatic heterocycles. The maximum Gasteiger partial charge on any atom is 0.191 e. The van der Waals surface area contributed by atoms with E-state index in [0.717, 1.165) is 51.8 Å². The fourth-order valence-corrected chi connectivity index (χ4v) is 2.81. The highest BCUT2D eigenvalue weighted by molar-refractivity contribution is 5.79. The van der Waals surface area contributed by atoms with Crippen molar-refractivity contribution in [3.05, 3.63) is 29.8 Å². The minimum absolute atomic E-state index is 0.605. The van der Waals surface area contributed by atoms with Crippen LogP contribution in [-0.4, -0.2) is 52.4 Å². The van der Waals surface area contributed by atoms with Crippen LogP contribution in [0.25, 0.3) is 0 Å². The van der Waals surface area contributed by atoms with Gasteiger partial charge in [-0.05, 0) is 38.0 Å². The number of hydrogen-bond acceptors (Lipinski definition) is 3. The molecule has 0 amide bonds. The van der Waals surface area contributed by atoms with Crippen molar-refractivity contribution in [3.8, 4) is 0 Å². The Balaban J connectivity index is 1.74. The smallest absolute Gasteiger partial charge is 0.191 e. The Bertz CT molecular complexity index is 498. The van der Waals surface area contributed by atoms with Gasteiger partial charge in [0.05, 0.1) is 6.61 Å². The highest BCUT2D eigenvalue weighted by atomic mass is 16.5. The normalized spacial score (nSPS) is 18.0. The summed E-state index contributed by atoms with van der Waals surface area (Å²) >= 11 is 0. The van der Waals surface area contributed by atoms with Crippen LogP contribution in [0.4, 0.5) is 5.69 Å². The van der Waals surface area contributed by atoms with E-state index in [9.17, 15) is 0 Å². The summed E-state index contributed by atoms with van der Waals surface area (Å²) < 4.78 is 5.40. The Morgan fingerprint density at radius 2 is 2.26 bits per heavy atom. The van der Waals surface area contributed by atoms with E-state index in [4.69, 9.17) is 4.74 Å². The molecule has 0 saturated carbocycles. The average Bonchev–Trinajstić information content (AvgIpc) is 3.08. The van der Waals surface area contributed by atoms with E-state index in [2.05, 4.69) is 58.6 Å². The number of likely N-dealkylation sites (N-methyl/N-ethyl adjacent to an activating group) is 1. The fraction of sp³-hybridized carbons (Fsp3) is 0.611. The van der Waals surface area contributed by atoms with Crippen LogP contribution in [0.1, 0.15) is 18.9 Å². The number of anilines is 1. The number of aliphatic imine (C=N–C) groups is 1. The molecule has 23 heavy (non-hydrogen) atoms. The van der Waals surface area contributed by atoms with Crippen molar-refractivity contribution in [1.29, 1.82) is 0 Å². The Hall–Kier alpha value is -1.75. The van der Waals surface area contributed by atoms with Gasteiger partial charge in [0.15, 0.2) is 5.96 Å². The van der Waals surface area contributed by atoms with Gasteiger partial charge in [-0.3, -0.25) is 4.99 Å². The molecule has 0 bridgehead atoms. The third-order valence-electron chi connectivity index (χ3n) is 4.23. The van der Waals surface area contributed by atoms with E-state index in [0.29, 0.717) is 5.92 Å². The molecule has 0 aliphatic carbocycles. The molecule has 2 N–H and O–H groups in total. The first-order valence-corrected chi connectivity index (χ1v) is 8.56. The standard InChI is InChI=1S/C18H30N4O/c1-4-22(17-7-5-6-15(2)12-17)10-9-20-18(19-3)21-13-16-8-11-23-14-16/h5-7,12,16H,4,8-11,13-14H2,1-3H3,(H2,19,20,21). The van der Waals surface area contributed by atoms with Crippen LogP contribution >= 0.6 is 0 Å². The maximum atomic E-state index is 5.40. The van der Waals surface area contributed by atoms with Gasteiger partial charge in [-0.1, -0.05) is 12.1 Å². The van der Waals surface area contributed by atoms with Crippen molar-refractivity contribution >= 4 is 11.6 Å². The Kier molecular flexibility index (Phi) is 7.20. The molecule has 1 saturated heterocycles. The minimum atomic E-state index is 0.605. The number of aryl methyl sites for hydroxylation is 1. The van der Waals surface area contributed by atoms with Gasteiger partial charge in [-0.25, -0.2) is 0 Å². The molecule has 1 aromatic carbocycles. The predicted octanol–water partition coefficient (Wildman–Crippen LogP) is 2.02. The fourth-order valence-electron chi connectivity index (χ4n) is 2.81. The largest absolute Gasteiger partial charge is 0.381 e. The van der Waals surface area contributed by atoms with Crippen LogP contribution in [0.15, 0.2) is 29.3 Å². The topological polar surface area (TPSA) is 48.9 Å². The first-order valence-electron chi connectivity index (χ1n) is 8.56. The quantitative estimate of drug-likeness (QED) is 0.596. The summed E-state index contributed by atoms with van der Waals surface area (Å²) in [6.45, 7) is 9.81. The molecule has 5 nitrogen and oxygen atoms in total. The lowest BCUT2D eigenvalue weighted by Crippen LogP contribution is -2.43. The van der Waals surface area contributed by atoms with Crippen LogP contribution < -0.4 is 15.5 Å². The zero-order chi connectivity index (χ0) is 16.5. The summed E-state index contributed by atoms with van der Waals surface area (Å²) in [5.41, 5.74) is 2.57. The van der Waals surface area contributed by atoms with Gasteiger partial charge in [-0.15, -0.1) is 0 Å².